The van der Waals surface area contributed by atoms with Crippen molar-refractivity contribution in [1.82, 2.24) is 20.4 Å². The second kappa shape index (κ2) is 5.79. The topological polar surface area (TPSA) is 94.1 Å². The highest BCUT2D eigenvalue weighted by molar-refractivity contribution is 5.93. The molecule has 1 fully saturated rings. The first kappa shape index (κ1) is 15.3. The summed E-state index contributed by atoms with van der Waals surface area (Å²) in [5, 5.41) is 7.07. The van der Waals surface area contributed by atoms with Crippen LogP contribution in [0.1, 0.15) is 64.5 Å². The summed E-state index contributed by atoms with van der Waals surface area (Å²) in [5.41, 5.74) is 4.06. The molecule has 0 saturated heterocycles. The van der Waals surface area contributed by atoms with Crippen molar-refractivity contribution in [3.05, 3.63) is 53.1 Å². The maximum Gasteiger partial charge on any atom is 0.289 e. The maximum atomic E-state index is 12.6. The van der Waals surface area contributed by atoms with Gasteiger partial charge in [0.15, 0.2) is 6.39 Å². The van der Waals surface area contributed by atoms with Crippen molar-refractivity contribution in [3.8, 4) is 11.4 Å². The maximum absolute atomic E-state index is 12.6. The predicted molar refractivity (Wildman–Crippen MR) is 91.5 cm³/mol. The van der Waals surface area contributed by atoms with Crippen molar-refractivity contribution in [2.24, 2.45) is 0 Å². The molecule has 1 aromatic carbocycles. The third-order valence-electron chi connectivity index (χ3n) is 5.08. The first-order valence-electron chi connectivity index (χ1n) is 8.87. The number of amides is 1. The molecule has 1 atom stereocenters. The molecular weight excluding hydrogens is 332 g/mol. The number of carbonyl (C=O) groups is 1. The fourth-order valence-corrected chi connectivity index (χ4v) is 3.62. The molecule has 7 heteroatoms. The van der Waals surface area contributed by atoms with Crippen LogP contribution in [0, 0.1) is 6.92 Å². The molecule has 5 rings (SSSR count). The first-order valence-corrected chi connectivity index (χ1v) is 8.87. The average Bonchev–Trinajstić information content (AvgIpc) is 3.05. The molecule has 0 radical (unpaired) electrons. The molecular formula is C19H18N4O3. The van der Waals surface area contributed by atoms with Crippen LogP contribution in [0.2, 0.25) is 0 Å². The monoisotopic (exact) mass is 350 g/mol. The van der Waals surface area contributed by atoms with Gasteiger partial charge in [-0.15, -0.1) is 0 Å². The molecule has 2 aliphatic rings. The summed E-state index contributed by atoms with van der Waals surface area (Å²) in [6, 6.07) is 6.07. The lowest BCUT2D eigenvalue weighted by Gasteiger charge is -2.13. The van der Waals surface area contributed by atoms with Crippen LogP contribution in [0.15, 0.2) is 33.5 Å². The minimum atomic E-state index is -0.180. The minimum absolute atomic E-state index is 0.0179. The van der Waals surface area contributed by atoms with Crippen molar-refractivity contribution in [2.45, 2.75) is 44.6 Å². The van der Waals surface area contributed by atoms with Gasteiger partial charge in [-0.1, -0.05) is 17.3 Å². The van der Waals surface area contributed by atoms with Gasteiger partial charge in [-0.2, -0.15) is 4.98 Å². The third kappa shape index (κ3) is 2.60. The summed E-state index contributed by atoms with van der Waals surface area (Å²) in [4.78, 5) is 21.1. The molecule has 1 saturated carbocycles. The van der Waals surface area contributed by atoms with Gasteiger partial charge in [0.05, 0.1) is 11.7 Å². The van der Waals surface area contributed by atoms with Crippen LogP contribution in [-0.2, 0) is 6.42 Å². The smallest absolute Gasteiger partial charge is 0.289 e. The van der Waals surface area contributed by atoms with Crippen LogP contribution in [0.3, 0.4) is 0 Å². The molecule has 2 heterocycles. The Labute approximate surface area is 149 Å². The van der Waals surface area contributed by atoms with Crippen molar-refractivity contribution >= 4 is 5.91 Å². The molecule has 1 amide bonds. The van der Waals surface area contributed by atoms with E-state index in [9.17, 15) is 4.79 Å². The van der Waals surface area contributed by atoms with E-state index >= 15 is 0 Å². The number of oxazole rings is 1. The van der Waals surface area contributed by atoms with Crippen LogP contribution in [-0.4, -0.2) is 21.0 Å². The number of benzene rings is 1. The van der Waals surface area contributed by atoms with Crippen molar-refractivity contribution < 1.29 is 13.7 Å². The second-order valence-electron chi connectivity index (χ2n) is 6.96. The van der Waals surface area contributed by atoms with Gasteiger partial charge in [-0.25, -0.2) is 4.98 Å². The standard InChI is InChI=1S/C19H18N4O3/c1-10-21-18(23-26-10)13-4-6-14-12(8-13)5-7-15(14)22-19(24)17-16(11-2-3-11)20-9-25-17/h4,6,8-9,11,15H,2-3,5,7H2,1H3,(H,22,24). The summed E-state index contributed by atoms with van der Waals surface area (Å²) in [6.45, 7) is 1.77. The molecule has 1 unspecified atom stereocenters. The molecule has 2 aliphatic carbocycles. The van der Waals surface area contributed by atoms with E-state index in [0.29, 0.717) is 23.4 Å². The number of hydrogen-bond donors (Lipinski definition) is 1. The largest absolute Gasteiger partial charge is 0.438 e. The van der Waals surface area contributed by atoms with Gasteiger partial charge >= 0.3 is 0 Å². The number of hydrogen-bond acceptors (Lipinski definition) is 6. The Hall–Kier alpha value is -2.96. The van der Waals surface area contributed by atoms with Gasteiger partial charge in [0.1, 0.15) is 0 Å². The molecule has 2 aromatic heterocycles. The Kier molecular flexibility index (Phi) is 3.41. The molecule has 1 N–H and O–H groups in total. The summed E-state index contributed by atoms with van der Waals surface area (Å²) < 4.78 is 10.4. The third-order valence-corrected chi connectivity index (χ3v) is 5.08. The zero-order valence-corrected chi connectivity index (χ0v) is 14.4. The Morgan fingerprint density at radius 2 is 2.15 bits per heavy atom. The fourth-order valence-electron chi connectivity index (χ4n) is 3.62. The Morgan fingerprint density at radius 3 is 2.92 bits per heavy atom. The van der Waals surface area contributed by atoms with E-state index in [4.69, 9.17) is 8.94 Å². The fraction of sp³-hybridized carbons (Fsp3) is 0.368. The predicted octanol–water partition coefficient (Wildman–Crippen LogP) is 3.33. The minimum Gasteiger partial charge on any atom is -0.438 e. The summed E-state index contributed by atoms with van der Waals surface area (Å²) >= 11 is 0. The first-order chi connectivity index (χ1) is 12.7. The number of nitrogens with one attached hydrogen (secondary N) is 1. The second-order valence-corrected chi connectivity index (χ2v) is 6.96. The highest BCUT2D eigenvalue weighted by Gasteiger charge is 2.33. The number of fused-ring (bicyclic) bond motifs is 1. The summed E-state index contributed by atoms with van der Waals surface area (Å²) in [6.07, 6.45) is 5.29. The van der Waals surface area contributed by atoms with Crippen LogP contribution in [0.5, 0.6) is 0 Å². The van der Waals surface area contributed by atoms with E-state index in [1.54, 1.807) is 6.92 Å². The van der Waals surface area contributed by atoms with Gasteiger partial charge in [-0.3, -0.25) is 4.79 Å². The Balaban J connectivity index is 1.36. The van der Waals surface area contributed by atoms with E-state index in [-0.39, 0.29) is 11.9 Å². The van der Waals surface area contributed by atoms with Gasteiger partial charge < -0.3 is 14.3 Å². The van der Waals surface area contributed by atoms with Crippen molar-refractivity contribution in [3.63, 3.8) is 0 Å². The van der Waals surface area contributed by atoms with E-state index in [0.717, 1.165) is 42.5 Å². The van der Waals surface area contributed by atoms with Gasteiger partial charge in [0, 0.05) is 18.4 Å². The van der Waals surface area contributed by atoms with Crippen molar-refractivity contribution in [1.29, 1.82) is 0 Å². The van der Waals surface area contributed by atoms with E-state index in [1.807, 2.05) is 12.1 Å². The summed E-state index contributed by atoms with van der Waals surface area (Å²) in [7, 11) is 0. The zero-order valence-electron chi connectivity index (χ0n) is 14.4. The molecule has 132 valence electrons. The quantitative estimate of drug-likeness (QED) is 0.776. The lowest BCUT2D eigenvalue weighted by atomic mass is 10.0. The van der Waals surface area contributed by atoms with E-state index in [1.165, 1.54) is 12.0 Å². The van der Waals surface area contributed by atoms with Crippen LogP contribution in [0.25, 0.3) is 11.4 Å². The SMILES string of the molecule is Cc1nc(-c2ccc3c(c2)CCC3NC(=O)c2ocnc2C2CC2)no1. The zero-order chi connectivity index (χ0) is 17.7. The van der Waals surface area contributed by atoms with Gasteiger partial charge in [0.2, 0.25) is 17.5 Å². The van der Waals surface area contributed by atoms with Crippen LogP contribution >= 0.6 is 0 Å². The number of carbonyl (C=O) groups excluding carboxylic acids is 1. The lowest BCUT2D eigenvalue weighted by molar-refractivity contribution is 0.0907. The van der Waals surface area contributed by atoms with E-state index < -0.39 is 0 Å². The summed E-state index contributed by atoms with van der Waals surface area (Å²) in [5.74, 6) is 1.70. The molecule has 0 spiro atoms. The van der Waals surface area contributed by atoms with Gasteiger partial charge in [0.25, 0.3) is 5.91 Å². The number of aryl methyl sites for hydroxylation is 2. The van der Waals surface area contributed by atoms with E-state index in [2.05, 4.69) is 26.5 Å². The molecule has 26 heavy (non-hydrogen) atoms. The number of nitrogens with zero attached hydrogens (tertiary/aromatic N) is 3. The highest BCUT2D eigenvalue weighted by Crippen LogP contribution is 2.41. The highest BCUT2D eigenvalue weighted by atomic mass is 16.5. The number of aromatic nitrogens is 3. The van der Waals surface area contributed by atoms with Crippen LogP contribution in [0.4, 0.5) is 0 Å². The molecule has 3 aromatic rings. The van der Waals surface area contributed by atoms with Crippen molar-refractivity contribution in [2.75, 3.05) is 0 Å². The number of rotatable bonds is 4. The Bertz CT molecular complexity index is 986. The lowest BCUT2D eigenvalue weighted by Crippen LogP contribution is -2.27. The van der Waals surface area contributed by atoms with Gasteiger partial charge in [-0.05, 0) is 42.9 Å². The molecule has 7 nitrogen and oxygen atoms in total. The molecule has 0 aliphatic heterocycles. The van der Waals surface area contributed by atoms with Crippen LogP contribution < -0.4 is 5.32 Å². The Morgan fingerprint density at radius 1 is 1.27 bits per heavy atom. The average molecular weight is 350 g/mol. The molecule has 0 bridgehead atoms. The normalized spacial score (nSPS) is 18.7.